The van der Waals surface area contributed by atoms with Crippen molar-refractivity contribution in [1.82, 2.24) is 14.3 Å². The highest BCUT2D eigenvalue weighted by atomic mass is 32.2. The fourth-order valence-electron chi connectivity index (χ4n) is 4.33. The predicted octanol–water partition coefficient (Wildman–Crippen LogP) is 3.51. The zero-order chi connectivity index (χ0) is 23.4. The van der Waals surface area contributed by atoms with E-state index < -0.39 is 10.0 Å². The topological polar surface area (TPSA) is 83.8 Å². The van der Waals surface area contributed by atoms with E-state index in [2.05, 4.69) is 40.2 Å². The maximum atomic E-state index is 12.6. The number of nitrogens with zero attached hydrogens (tertiary/aromatic N) is 3. The minimum Gasteiger partial charge on any atom is -0.342 e. The molecule has 4 rings (SSSR count). The Kier molecular flexibility index (Phi) is 6.95. The molecule has 0 spiro atoms. The Balaban J connectivity index is 1.48. The number of fused-ring (bicyclic) bond motifs is 1. The molecule has 1 aliphatic heterocycles. The van der Waals surface area contributed by atoms with E-state index in [9.17, 15) is 13.2 Å². The molecule has 0 unspecified atom stereocenters. The Hall–Kier alpha value is -2.97. The maximum Gasteiger partial charge on any atom is 0.244 e. The number of rotatable bonds is 7. The van der Waals surface area contributed by atoms with Gasteiger partial charge in [0.25, 0.3) is 0 Å². The molecule has 1 aliphatic rings. The molecule has 1 aromatic heterocycles. The van der Waals surface area contributed by atoms with Gasteiger partial charge in [-0.15, -0.1) is 0 Å². The number of hydrogen-bond donors (Lipinski definition) is 1. The first-order chi connectivity index (χ1) is 15.9. The van der Waals surface area contributed by atoms with Gasteiger partial charge in [0.15, 0.2) is 0 Å². The fourth-order valence-corrected chi connectivity index (χ4v) is 5.51. The van der Waals surface area contributed by atoms with Gasteiger partial charge in [0.05, 0.1) is 17.9 Å². The number of amides is 1. The molecule has 2 aromatic carbocycles. The Bertz CT molecular complexity index is 1280. The van der Waals surface area contributed by atoms with E-state index in [-0.39, 0.29) is 24.1 Å². The minimum atomic E-state index is -3.29. The normalized spacial score (nSPS) is 17.6. The van der Waals surface area contributed by atoms with Crippen LogP contribution in [0.2, 0.25) is 0 Å². The van der Waals surface area contributed by atoms with Crippen molar-refractivity contribution in [2.45, 2.75) is 33.2 Å². The van der Waals surface area contributed by atoms with Crippen LogP contribution >= 0.6 is 0 Å². The van der Waals surface area contributed by atoms with E-state index in [1.54, 1.807) is 13.1 Å². The predicted molar refractivity (Wildman–Crippen MR) is 132 cm³/mol. The molecular weight excluding hydrogens is 436 g/mol. The summed E-state index contributed by atoms with van der Waals surface area (Å²) in [6.45, 7) is 5.17. The molecule has 0 saturated carbocycles. The number of carbonyl (C=O) groups excluding carboxylic acids is 1. The van der Waals surface area contributed by atoms with E-state index in [0.29, 0.717) is 19.4 Å². The molecule has 1 saturated heterocycles. The van der Waals surface area contributed by atoms with Crippen molar-refractivity contribution in [3.05, 3.63) is 71.4 Å². The molecule has 3 aromatic rings. The van der Waals surface area contributed by atoms with Gasteiger partial charge < -0.3 is 4.57 Å². The summed E-state index contributed by atoms with van der Waals surface area (Å²) in [4.78, 5) is 12.6. The van der Waals surface area contributed by atoms with Crippen molar-refractivity contribution in [1.29, 1.82) is 0 Å². The number of sulfonamides is 1. The smallest absolute Gasteiger partial charge is 0.244 e. The molecule has 1 N–H and O–H groups in total. The van der Waals surface area contributed by atoms with E-state index in [4.69, 9.17) is 0 Å². The van der Waals surface area contributed by atoms with Crippen LogP contribution in [0, 0.1) is 12.8 Å². The summed E-state index contributed by atoms with van der Waals surface area (Å²) in [6.07, 6.45) is 5.04. The van der Waals surface area contributed by atoms with Crippen LogP contribution in [0.4, 0.5) is 0 Å². The molecule has 8 heteroatoms. The molecule has 1 amide bonds. The van der Waals surface area contributed by atoms with Crippen molar-refractivity contribution in [3.63, 3.8) is 0 Å². The summed E-state index contributed by atoms with van der Waals surface area (Å²) in [7, 11) is -3.29. The minimum absolute atomic E-state index is 0.0477. The highest BCUT2D eigenvalue weighted by Gasteiger charge is 2.31. The van der Waals surface area contributed by atoms with Crippen LogP contribution in [-0.2, 0) is 21.4 Å². The van der Waals surface area contributed by atoms with E-state index in [1.807, 2.05) is 36.5 Å². The molecule has 1 atom stereocenters. The number of para-hydroxylation sites is 1. The lowest BCUT2D eigenvalue weighted by molar-refractivity contribution is -0.126. The van der Waals surface area contributed by atoms with Gasteiger partial charge in [-0.3, -0.25) is 4.79 Å². The lowest BCUT2D eigenvalue weighted by Crippen LogP contribution is -2.45. The van der Waals surface area contributed by atoms with Gasteiger partial charge >= 0.3 is 0 Å². The molecule has 174 valence electrons. The first-order valence-electron chi connectivity index (χ1n) is 11.3. The SMILES string of the molecule is CCS(=O)(=O)N1CCC[C@H](C(=O)N/N=C\c2cn(Cc3ccccc3C)c3ccccc23)C1. The number of hydrogen-bond acceptors (Lipinski definition) is 4. The van der Waals surface area contributed by atoms with Gasteiger partial charge in [0.1, 0.15) is 0 Å². The Morgan fingerprint density at radius 1 is 1.18 bits per heavy atom. The zero-order valence-corrected chi connectivity index (χ0v) is 19.9. The first kappa shape index (κ1) is 23.2. The second-order valence-electron chi connectivity index (χ2n) is 8.49. The maximum absolute atomic E-state index is 12.6. The fraction of sp³-hybridized carbons (Fsp3) is 0.360. The highest BCUT2D eigenvalue weighted by Crippen LogP contribution is 2.23. The summed E-state index contributed by atoms with van der Waals surface area (Å²) in [6, 6.07) is 16.4. The van der Waals surface area contributed by atoms with Crippen LogP contribution in [0.1, 0.15) is 36.5 Å². The van der Waals surface area contributed by atoms with Gasteiger partial charge in [-0.2, -0.15) is 5.10 Å². The summed E-state index contributed by atoms with van der Waals surface area (Å²) in [5.41, 5.74) is 7.13. The van der Waals surface area contributed by atoms with Crippen molar-refractivity contribution in [3.8, 4) is 0 Å². The monoisotopic (exact) mass is 466 g/mol. The summed E-state index contributed by atoms with van der Waals surface area (Å²) >= 11 is 0. The lowest BCUT2D eigenvalue weighted by Gasteiger charge is -2.30. The van der Waals surface area contributed by atoms with Gasteiger partial charge in [-0.1, -0.05) is 42.5 Å². The van der Waals surface area contributed by atoms with Crippen LogP contribution in [0.25, 0.3) is 10.9 Å². The second-order valence-corrected chi connectivity index (χ2v) is 10.7. The molecule has 0 bridgehead atoms. The third-order valence-corrected chi connectivity index (χ3v) is 8.16. The van der Waals surface area contributed by atoms with Gasteiger partial charge in [0.2, 0.25) is 15.9 Å². The summed E-state index contributed by atoms with van der Waals surface area (Å²) in [5.74, 6) is -0.586. The molecule has 1 fully saturated rings. The van der Waals surface area contributed by atoms with Crippen molar-refractivity contribution in [2.75, 3.05) is 18.8 Å². The zero-order valence-electron chi connectivity index (χ0n) is 19.1. The summed E-state index contributed by atoms with van der Waals surface area (Å²) in [5, 5.41) is 5.26. The first-order valence-corrected chi connectivity index (χ1v) is 12.9. The molecule has 0 radical (unpaired) electrons. The van der Waals surface area contributed by atoms with E-state index >= 15 is 0 Å². The van der Waals surface area contributed by atoms with Crippen LogP contribution in [0.5, 0.6) is 0 Å². The molecular formula is C25H30N4O3S. The van der Waals surface area contributed by atoms with E-state index in [0.717, 1.165) is 23.0 Å². The number of carbonyl (C=O) groups is 1. The molecule has 0 aliphatic carbocycles. The van der Waals surface area contributed by atoms with Gasteiger partial charge in [0, 0.05) is 42.3 Å². The van der Waals surface area contributed by atoms with Crippen LogP contribution in [0.15, 0.2) is 59.8 Å². The van der Waals surface area contributed by atoms with Crippen LogP contribution in [-0.4, -0.2) is 48.3 Å². The quantitative estimate of drug-likeness (QED) is 0.427. The Morgan fingerprint density at radius 2 is 1.94 bits per heavy atom. The lowest BCUT2D eigenvalue weighted by atomic mass is 9.99. The third kappa shape index (κ3) is 5.17. The number of aryl methyl sites for hydroxylation is 1. The number of piperidine rings is 1. The Morgan fingerprint density at radius 3 is 2.73 bits per heavy atom. The van der Waals surface area contributed by atoms with Gasteiger partial charge in [-0.25, -0.2) is 18.1 Å². The Labute approximate surface area is 195 Å². The summed E-state index contributed by atoms with van der Waals surface area (Å²) < 4.78 is 27.9. The average Bonchev–Trinajstić information content (AvgIpc) is 3.18. The second kappa shape index (κ2) is 9.89. The van der Waals surface area contributed by atoms with Crippen molar-refractivity contribution < 1.29 is 13.2 Å². The number of hydrazone groups is 1. The number of nitrogens with one attached hydrogen (secondary N) is 1. The molecule has 33 heavy (non-hydrogen) atoms. The largest absolute Gasteiger partial charge is 0.342 e. The van der Waals surface area contributed by atoms with Crippen molar-refractivity contribution in [2.24, 2.45) is 11.0 Å². The molecule has 7 nitrogen and oxygen atoms in total. The number of benzene rings is 2. The standard InChI is InChI=1S/C25H30N4O3S/c1-3-33(31,32)29-14-8-11-21(18-29)25(30)27-26-15-22-17-28(24-13-7-6-12-23(22)24)16-20-10-5-4-9-19(20)2/h4-7,9-10,12-13,15,17,21H,3,8,11,14,16,18H2,1-2H3,(H,27,30)/b26-15-/t21-/m0/s1. The van der Waals surface area contributed by atoms with Gasteiger partial charge in [-0.05, 0) is 43.9 Å². The number of aromatic nitrogens is 1. The van der Waals surface area contributed by atoms with Crippen molar-refractivity contribution >= 4 is 33.0 Å². The van der Waals surface area contributed by atoms with Crippen LogP contribution < -0.4 is 5.43 Å². The van der Waals surface area contributed by atoms with E-state index in [1.165, 1.54) is 15.4 Å². The van der Waals surface area contributed by atoms with Crippen LogP contribution in [0.3, 0.4) is 0 Å². The molecule has 2 heterocycles. The third-order valence-electron chi connectivity index (χ3n) is 6.31. The highest BCUT2D eigenvalue weighted by molar-refractivity contribution is 7.89. The average molecular weight is 467 g/mol.